The summed E-state index contributed by atoms with van der Waals surface area (Å²) in [5.41, 5.74) is 1.03. The zero-order chi connectivity index (χ0) is 22.8. The van der Waals surface area contributed by atoms with Gasteiger partial charge in [-0.1, -0.05) is 12.1 Å². The summed E-state index contributed by atoms with van der Waals surface area (Å²) in [4.78, 5) is 23.7. The molecule has 0 fully saturated rings. The molecule has 0 aliphatic rings. The number of aliphatic hydroxyl groups excluding tert-OH is 1. The number of phenolic OH excluding ortho intramolecular Hbond substituents is 3. The number of aliphatic hydroxyl groups is 1. The number of esters is 2. The van der Waals surface area contributed by atoms with Crippen LogP contribution in [-0.2, 0) is 19.1 Å². The van der Waals surface area contributed by atoms with Gasteiger partial charge in [-0.15, -0.1) is 0 Å². The Hall–Kier alpha value is -3.98. The number of ether oxygens (including phenoxy) is 3. The summed E-state index contributed by atoms with van der Waals surface area (Å²) in [7, 11) is 1.40. The number of phenols is 3. The van der Waals surface area contributed by atoms with Crippen molar-refractivity contribution in [3.05, 3.63) is 59.7 Å². The van der Waals surface area contributed by atoms with E-state index in [2.05, 4.69) is 0 Å². The van der Waals surface area contributed by atoms with Crippen molar-refractivity contribution in [1.29, 1.82) is 0 Å². The van der Waals surface area contributed by atoms with Gasteiger partial charge in [0.25, 0.3) is 0 Å². The Labute approximate surface area is 178 Å². The average Bonchev–Trinajstić information content (AvgIpc) is 2.76. The van der Waals surface area contributed by atoms with E-state index >= 15 is 0 Å². The Kier molecular flexibility index (Phi) is 8.47. The van der Waals surface area contributed by atoms with Gasteiger partial charge in [-0.3, -0.25) is 0 Å². The smallest absolute Gasteiger partial charge is 0.331 e. The van der Waals surface area contributed by atoms with Crippen LogP contribution in [0.2, 0.25) is 0 Å². The van der Waals surface area contributed by atoms with E-state index in [4.69, 9.17) is 14.2 Å². The number of carbonyl (C=O) groups excluding carboxylic acids is 2. The first-order valence-corrected chi connectivity index (χ1v) is 9.05. The monoisotopic (exact) mass is 430 g/mol. The normalized spacial score (nSPS) is 12.1. The summed E-state index contributed by atoms with van der Waals surface area (Å²) < 4.78 is 14.9. The van der Waals surface area contributed by atoms with Crippen LogP contribution in [0.1, 0.15) is 11.1 Å². The Bertz CT molecular complexity index is 979. The lowest BCUT2D eigenvalue weighted by Crippen LogP contribution is -2.27. The van der Waals surface area contributed by atoms with Crippen LogP contribution >= 0.6 is 0 Å². The third-order valence-corrected chi connectivity index (χ3v) is 3.92. The second-order valence-corrected chi connectivity index (χ2v) is 6.22. The third kappa shape index (κ3) is 7.41. The van der Waals surface area contributed by atoms with Crippen LogP contribution in [0.15, 0.2) is 48.6 Å². The van der Waals surface area contributed by atoms with Crippen LogP contribution in [0.25, 0.3) is 12.2 Å². The minimum atomic E-state index is -1.07. The standard InChI is InChI=1S/C22H22O9/c1-29-20-11-15(3-7-18(20)25)5-9-22(28)31-16(12-23)13-30-21(27)8-4-14-2-6-17(24)19(26)10-14/h2-11,16,23-26H,12-13H2,1H3/b8-4+,9-5+. The van der Waals surface area contributed by atoms with Crippen molar-refractivity contribution < 1.29 is 44.2 Å². The molecule has 0 heterocycles. The first-order valence-electron chi connectivity index (χ1n) is 9.05. The van der Waals surface area contributed by atoms with Crippen LogP contribution in [-0.4, -0.2) is 58.8 Å². The highest BCUT2D eigenvalue weighted by Crippen LogP contribution is 2.27. The molecule has 0 amide bonds. The van der Waals surface area contributed by atoms with Gasteiger partial charge in [0.05, 0.1) is 13.7 Å². The maximum Gasteiger partial charge on any atom is 0.331 e. The summed E-state index contributed by atoms with van der Waals surface area (Å²) in [6.07, 6.45) is 3.92. The largest absolute Gasteiger partial charge is 0.504 e. The fourth-order valence-corrected chi connectivity index (χ4v) is 2.32. The molecule has 0 bridgehead atoms. The molecular weight excluding hydrogens is 408 g/mol. The van der Waals surface area contributed by atoms with Gasteiger partial charge in [0.15, 0.2) is 29.1 Å². The highest BCUT2D eigenvalue weighted by Gasteiger charge is 2.14. The maximum atomic E-state index is 11.9. The fourth-order valence-electron chi connectivity index (χ4n) is 2.32. The molecule has 164 valence electrons. The molecular formula is C22H22O9. The molecule has 31 heavy (non-hydrogen) atoms. The van der Waals surface area contributed by atoms with Crippen molar-refractivity contribution >= 4 is 24.1 Å². The SMILES string of the molecule is COc1cc(/C=C/C(=O)OC(CO)COC(=O)/C=C/c2ccc(O)c(O)c2)ccc1O. The lowest BCUT2D eigenvalue weighted by Gasteiger charge is -2.13. The van der Waals surface area contributed by atoms with E-state index < -0.39 is 24.6 Å². The van der Waals surface area contributed by atoms with Crippen molar-refractivity contribution in [2.75, 3.05) is 20.3 Å². The molecule has 9 heteroatoms. The molecule has 9 nitrogen and oxygen atoms in total. The number of rotatable bonds is 9. The van der Waals surface area contributed by atoms with Crippen molar-refractivity contribution in [3.8, 4) is 23.0 Å². The van der Waals surface area contributed by atoms with Gasteiger partial charge in [-0.2, -0.15) is 0 Å². The van der Waals surface area contributed by atoms with Crippen LogP contribution in [0.5, 0.6) is 23.0 Å². The van der Waals surface area contributed by atoms with E-state index in [0.717, 1.165) is 12.2 Å². The number of carbonyl (C=O) groups is 2. The zero-order valence-electron chi connectivity index (χ0n) is 16.6. The predicted octanol–water partition coefficient (Wildman–Crippen LogP) is 1.99. The summed E-state index contributed by atoms with van der Waals surface area (Å²) >= 11 is 0. The van der Waals surface area contributed by atoms with Gasteiger partial charge in [0.1, 0.15) is 6.61 Å². The first-order chi connectivity index (χ1) is 14.8. The van der Waals surface area contributed by atoms with Gasteiger partial charge in [-0.05, 0) is 47.5 Å². The molecule has 0 spiro atoms. The first kappa shape index (κ1) is 23.3. The van der Waals surface area contributed by atoms with E-state index in [0.29, 0.717) is 11.1 Å². The summed E-state index contributed by atoms with van der Waals surface area (Å²) in [6, 6.07) is 8.49. The highest BCUT2D eigenvalue weighted by molar-refractivity contribution is 5.88. The fraction of sp³-hybridized carbons (Fsp3) is 0.182. The van der Waals surface area contributed by atoms with Crippen LogP contribution in [0, 0.1) is 0 Å². The van der Waals surface area contributed by atoms with Crippen molar-refractivity contribution in [2.24, 2.45) is 0 Å². The molecule has 0 aliphatic carbocycles. The summed E-state index contributed by atoms with van der Waals surface area (Å²) in [5, 5.41) is 37.6. The lowest BCUT2D eigenvalue weighted by molar-refractivity contribution is -0.154. The van der Waals surface area contributed by atoms with Crippen molar-refractivity contribution in [3.63, 3.8) is 0 Å². The number of methoxy groups -OCH3 is 1. The molecule has 0 saturated carbocycles. The second kappa shape index (κ2) is 11.3. The zero-order valence-corrected chi connectivity index (χ0v) is 16.6. The molecule has 1 unspecified atom stereocenters. The molecule has 4 N–H and O–H groups in total. The Morgan fingerprint density at radius 2 is 1.52 bits per heavy atom. The van der Waals surface area contributed by atoms with Crippen LogP contribution < -0.4 is 4.74 Å². The molecule has 2 aromatic carbocycles. The van der Waals surface area contributed by atoms with E-state index in [1.165, 1.54) is 49.6 Å². The number of hydrogen-bond acceptors (Lipinski definition) is 9. The van der Waals surface area contributed by atoms with Gasteiger partial charge >= 0.3 is 11.9 Å². The minimum absolute atomic E-state index is 0.0411. The number of aromatic hydroxyl groups is 3. The molecule has 2 aromatic rings. The Balaban J connectivity index is 1.85. The van der Waals surface area contributed by atoms with Gasteiger partial charge in [-0.25, -0.2) is 9.59 Å². The Morgan fingerprint density at radius 3 is 2.13 bits per heavy atom. The Morgan fingerprint density at radius 1 is 0.903 bits per heavy atom. The summed E-state index contributed by atoms with van der Waals surface area (Å²) in [5.74, 6) is -1.94. The van der Waals surface area contributed by atoms with Crippen LogP contribution in [0.3, 0.4) is 0 Å². The van der Waals surface area contributed by atoms with Crippen LogP contribution in [0.4, 0.5) is 0 Å². The summed E-state index contributed by atoms with van der Waals surface area (Å²) in [6.45, 7) is -0.928. The van der Waals surface area contributed by atoms with Crippen molar-refractivity contribution in [2.45, 2.75) is 6.10 Å². The topological polar surface area (TPSA) is 143 Å². The minimum Gasteiger partial charge on any atom is -0.504 e. The van der Waals surface area contributed by atoms with Gasteiger partial charge in [0, 0.05) is 12.2 Å². The predicted molar refractivity (Wildman–Crippen MR) is 110 cm³/mol. The average molecular weight is 430 g/mol. The van der Waals surface area contributed by atoms with Gasteiger partial charge in [0.2, 0.25) is 0 Å². The maximum absolute atomic E-state index is 11.9. The number of benzene rings is 2. The van der Waals surface area contributed by atoms with Gasteiger partial charge < -0.3 is 34.6 Å². The quantitative estimate of drug-likeness (QED) is 0.267. The molecule has 0 aliphatic heterocycles. The lowest BCUT2D eigenvalue weighted by atomic mass is 10.2. The van der Waals surface area contributed by atoms with E-state index in [9.17, 15) is 30.0 Å². The molecule has 0 aromatic heterocycles. The second-order valence-electron chi connectivity index (χ2n) is 6.22. The highest BCUT2D eigenvalue weighted by atomic mass is 16.6. The third-order valence-electron chi connectivity index (χ3n) is 3.92. The van der Waals surface area contributed by atoms with E-state index in [-0.39, 0.29) is 29.6 Å². The molecule has 1 atom stereocenters. The number of hydrogen-bond donors (Lipinski definition) is 4. The van der Waals surface area contributed by atoms with Crippen molar-refractivity contribution in [1.82, 2.24) is 0 Å². The molecule has 2 rings (SSSR count). The van der Waals surface area contributed by atoms with E-state index in [1.807, 2.05) is 0 Å². The molecule has 0 saturated heterocycles. The molecule has 0 radical (unpaired) electrons. The van der Waals surface area contributed by atoms with E-state index in [1.54, 1.807) is 6.07 Å².